The predicted molar refractivity (Wildman–Crippen MR) is 148 cm³/mol. The van der Waals surface area contributed by atoms with Gasteiger partial charge in [0.25, 0.3) is 5.56 Å². The highest BCUT2D eigenvalue weighted by atomic mass is 32.2. The van der Waals surface area contributed by atoms with Crippen LogP contribution in [0.25, 0.3) is 0 Å². The lowest BCUT2D eigenvalue weighted by atomic mass is 9.83. The average molecular weight is 518 g/mol. The molecule has 6 nitrogen and oxygen atoms in total. The Bertz CT molecular complexity index is 1350. The summed E-state index contributed by atoms with van der Waals surface area (Å²) >= 11 is 7.27. The van der Waals surface area contributed by atoms with Crippen molar-refractivity contribution in [3.05, 3.63) is 100.0 Å². The van der Waals surface area contributed by atoms with E-state index in [-0.39, 0.29) is 23.2 Å². The molecule has 36 heavy (non-hydrogen) atoms. The Hall–Kier alpha value is -3.23. The molecule has 3 atom stereocenters. The van der Waals surface area contributed by atoms with Crippen LogP contribution in [0.5, 0.6) is 0 Å². The molecular weight excluding hydrogens is 490 g/mol. The second kappa shape index (κ2) is 10.4. The van der Waals surface area contributed by atoms with Gasteiger partial charge in [-0.15, -0.1) is 0 Å². The number of ketones is 1. The summed E-state index contributed by atoms with van der Waals surface area (Å²) in [6.45, 7) is 3.73. The minimum atomic E-state index is -0.525. The van der Waals surface area contributed by atoms with Gasteiger partial charge in [-0.1, -0.05) is 60.4 Å². The van der Waals surface area contributed by atoms with Gasteiger partial charge in [-0.2, -0.15) is 0 Å². The van der Waals surface area contributed by atoms with E-state index in [2.05, 4.69) is 10.2 Å². The van der Waals surface area contributed by atoms with Crippen molar-refractivity contribution >= 4 is 45.7 Å². The van der Waals surface area contributed by atoms with Crippen molar-refractivity contribution in [1.29, 1.82) is 0 Å². The maximum Gasteiger partial charge on any atom is 0.250 e. The number of amides is 1. The minimum Gasteiger partial charge on any atom is -0.356 e. The van der Waals surface area contributed by atoms with Gasteiger partial charge in [-0.25, -0.2) is 0 Å². The van der Waals surface area contributed by atoms with E-state index in [0.29, 0.717) is 28.0 Å². The van der Waals surface area contributed by atoms with Gasteiger partial charge in [0, 0.05) is 48.6 Å². The summed E-state index contributed by atoms with van der Waals surface area (Å²) in [7, 11) is 0. The summed E-state index contributed by atoms with van der Waals surface area (Å²) in [4.78, 5) is 39.6. The first-order chi connectivity index (χ1) is 17.4. The summed E-state index contributed by atoms with van der Waals surface area (Å²) in [6.07, 6.45) is 1.05. The quantitative estimate of drug-likeness (QED) is 0.385. The number of likely N-dealkylation sites (tertiary alicyclic amines) is 1. The zero-order valence-corrected chi connectivity index (χ0v) is 21.6. The topological polar surface area (TPSA) is 71.4 Å². The Labute approximate surface area is 219 Å². The van der Waals surface area contributed by atoms with E-state index in [1.807, 2.05) is 47.0 Å². The fraction of sp³-hybridized carbons (Fsp3) is 0.286. The number of piperidine rings is 1. The molecular formula is C28H27N3O3S2. The van der Waals surface area contributed by atoms with Crippen LogP contribution in [0, 0.1) is 5.92 Å². The number of pyridine rings is 1. The standard InChI is InChI=1S/C28H27N3O3S2/c1-18(32)20-10-12-23(13-11-20)29-27(34)26(21-6-3-2-4-7-21)36-28(35)30-15-19-14-22(17-30)24-8-5-9-25(33)31(24)16-19/h2-13,19,22,26H,14-17H2,1H3,(H,29,34)/t19-,22+,26+/m1/s1. The second-order valence-corrected chi connectivity index (χ2v) is 11.1. The van der Waals surface area contributed by atoms with Crippen LogP contribution in [-0.2, 0) is 11.3 Å². The lowest BCUT2D eigenvalue weighted by Gasteiger charge is -2.43. The van der Waals surface area contributed by atoms with Gasteiger partial charge in [0.05, 0.1) is 0 Å². The number of thiocarbonyl (C=S) groups is 1. The largest absolute Gasteiger partial charge is 0.356 e. The lowest BCUT2D eigenvalue weighted by molar-refractivity contribution is -0.115. The van der Waals surface area contributed by atoms with Gasteiger partial charge in [0.1, 0.15) is 9.57 Å². The average Bonchev–Trinajstić information content (AvgIpc) is 2.88. The highest BCUT2D eigenvalue weighted by molar-refractivity contribution is 8.23. The predicted octanol–water partition coefficient (Wildman–Crippen LogP) is 4.87. The molecule has 0 aliphatic carbocycles. The highest BCUT2D eigenvalue weighted by Crippen LogP contribution is 2.39. The number of hydrogen-bond acceptors (Lipinski definition) is 5. The third-order valence-corrected chi connectivity index (χ3v) is 8.58. The van der Waals surface area contributed by atoms with Gasteiger partial charge in [0.15, 0.2) is 5.78 Å². The number of carbonyl (C=O) groups is 2. The SMILES string of the molecule is CC(=O)c1ccc(NC(=O)[C@@H](SC(=S)N2C[C@H]3C[C@@H](C2)c2cccc(=O)n2C3)c2ccccc2)cc1. The van der Waals surface area contributed by atoms with E-state index < -0.39 is 5.25 Å². The lowest BCUT2D eigenvalue weighted by Crippen LogP contribution is -2.48. The van der Waals surface area contributed by atoms with Gasteiger partial charge < -0.3 is 14.8 Å². The van der Waals surface area contributed by atoms with E-state index in [4.69, 9.17) is 12.2 Å². The molecule has 2 aliphatic heterocycles. The normalized spacial score (nSPS) is 19.2. The summed E-state index contributed by atoms with van der Waals surface area (Å²) in [6, 6.07) is 22.0. The monoisotopic (exact) mass is 517 g/mol. The highest BCUT2D eigenvalue weighted by Gasteiger charge is 2.36. The molecule has 1 saturated heterocycles. The molecule has 2 bridgehead atoms. The molecule has 1 N–H and O–H groups in total. The minimum absolute atomic E-state index is 0.0188. The number of aromatic nitrogens is 1. The zero-order valence-electron chi connectivity index (χ0n) is 19.9. The molecule has 2 aliphatic rings. The van der Waals surface area contributed by atoms with Crippen molar-refractivity contribution < 1.29 is 9.59 Å². The molecule has 2 aromatic carbocycles. The Morgan fingerprint density at radius 1 is 0.972 bits per heavy atom. The van der Waals surface area contributed by atoms with Crippen molar-refractivity contribution in [3.63, 3.8) is 0 Å². The van der Waals surface area contributed by atoms with Crippen LogP contribution in [0.4, 0.5) is 5.69 Å². The number of benzene rings is 2. The number of thioether (sulfide) groups is 1. The van der Waals surface area contributed by atoms with Crippen molar-refractivity contribution in [2.24, 2.45) is 5.92 Å². The van der Waals surface area contributed by atoms with E-state index in [9.17, 15) is 14.4 Å². The molecule has 1 amide bonds. The fourth-order valence-electron chi connectivity index (χ4n) is 5.12. The number of rotatable bonds is 5. The molecule has 5 rings (SSSR count). The summed E-state index contributed by atoms with van der Waals surface area (Å²) in [5.74, 6) is 0.403. The van der Waals surface area contributed by atoms with Gasteiger partial charge in [-0.05, 0) is 55.2 Å². The summed E-state index contributed by atoms with van der Waals surface area (Å²) < 4.78 is 2.59. The van der Waals surface area contributed by atoms with Crippen molar-refractivity contribution in [1.82, 2.24) is 9.47 Å². The number of carbonyl (C=O) groups excluding carboxylic acids is 2. The number of hydrogen-bond donors (Lipinski definition) is 1. The Kier molecular flexibility index (Phi) is 7.07. The first kappa shape index (κ1) is 24.5. The number of fused-ring (bicyclic) bond motifs is 4. The summed E-state index contributed by atoms with van der Waals surface area (Å²) in [5.41, 5.74) is 3.24. The molecule has 184 valence electrons. The molecule has 0 radical (unpaired) electrons. The zero-order chi connectivity index (χ0) is 25.2. The summed E-state index contributed by atoms with van der Waals surface area (Å²) in [5, 5.41) is 2.46. The van der Waals surface area contributed by atoms with Gasteiger partial charge in [-0.3, -0.25) is 14.4 Å². The van der Waals surface area contributed by atoms with Crippen LogP contribution >= 0.6 is 24.0 Å². The first-order valence-electron chi connectivity index (χ1n) is 12.0. The van der Waals surface area contributed by atoms with Crippen molar-refractivity contribution in [2.75, 3.05) is 18.4 Å². The number of nitrogens with one attached hydrogen (secondary N) is 1. The van der Waals surface area contributed by atoms with Crippen molar-refractivity contribution in [2.45, 2.75) is 31.1 Å². The Morgan fingerprint density at radius 3 is 2.44 bits per heavy atom. The molecule has 3 aromatic rings. The maximum atomic E-state index is 13.4. The van der Waals surface area contributed by atoms with Crippen LogP contribution in [-0.4, -0.2) is 38.6 Å². The van der Waals surface area contributed by atoms with Gasteiger partial charge in [0.2, 0.25) is 5.91 Å². The van der Waals surface area contributed by atoms with E-state index >= 15 is 0 Å². The van der Waals surface area contributed by atoms with Crippen LogP contribution in [0.15, 0.2) is 77.6 Å². The van der Waals surface area contributed by atoms with Crippen LogP contribution in [0.3, 0.4) is 0 Å². The second-order valence-electron chi connectivity index (χ2n) is 9.40. The molecule has 0 spiro atoms. The Balaban J connectivity index is 1.33. The van der Waals surface area contributed by atoms with Crippen LogP contribution in [0.2, 0.25) is 0 Å². The molecule has 0 saturated carbocycles. The maximum absolute atomic E-state index is 13.4. The molecule has 0 unspecified atom stereocenters. The van der Waals surface area contributed by atoms with Crippen LogP contribution < -0.4 is 10.9 Å². The number of anilines is 1. The molecule has 1 fully saturated rings. The third-order valence-electron chi connectivity index (χ3n) is 6.86. The Morgan fingerprint density at radius 2 is 1.72 bits per heavy atom. The van der Waals surface area contributed by atoms with E-state index in [1.54, 1.807) is 30.3 Å². The smallest absolute Gasteiger partial charge is 0.250 e. The molecule has 3 heterocycles. The van der Waals surface area contributed by atoms with Crippen LogP contribution in [0.1, 0.15) is 46.1 Å². The fourth-order valence-corrected chi connectivity index (χ4v) is 6.51. The third kappa shape index (κ3) is 5.15. The van der Waals surface area contributed by atoms with Crippen molar-refractivity contribution in [3.8, 4) is 0 Å². The van der Waals surface area contributed by atoms with E-state index in [1.165, 1.54) is 18.7 Å². The molecule has 1 aromatic heterocycles. The number of nitrogens with zero attached hydrogens (tertiary/aromatic N) is 2. The first-order valence-corrected chi connectivity index (χ1v) is 13.3. The molecule has 8 heteroatoms. The van der Waals surface area contributed by atoms with E-state index in [0.717, 1.165) is 30.8 Å². The van der Waals surface area contributed by atoms with Gasteiger partial charge >= 0.3 is 0 Å². The number of Topliss-reactive ketones (excluding diaryl/α,β-unsaturated/α-hetero) is 1.